The Morgan fingerprint density at radius 3 is 1.83 bits per heavy atom. The van der Waals surface area contributed by atoms with Crippen LogP contribution in [0, 0.1) is 0 Å². The Labute approximate surface area is 135 Å². The second-order valence-electron chi connectivity index (χ2n) is 5.12. The molecule has 0 heterocycles. The van der Waals surface area contributed by atoms with Crippen LogP contribution in [0.2, 0.25) is 0 Å². The van der Waals surface area contributed by atoms with Crippen LogP contribution in [0.1, 0.15) is 24.1 Å². The van der Waals surface area contributed by atoms with Crippen molar-refractivity contribution in [1.82, 2.24) is 10.6 Å². The number of imide groups is 1. The molecule has 0 spiro atoms. The zero-order valence-electron chi connectivity index (χ0n) is 13.2. The lowest BCUT2D eigenvalue weighted by molar-refractivity contribution is -0.122. The Hall–Kier alpha value is -2.66. The highest BCUT2D eigenvalue weighted by Gasteiger charge is 2.21. The second-order valence-corrected chi connectivity index (χ2v) is 5.12. The minimum Gasteiger partial charge on any atom is -0.453 e. The molecular weight excluding hydrogens is 292 g/mol. The number of rotatable bonds is 5. The number of ether oxygens (including phenoxy) is 1. The Morgan fingerprint density at radius 2 is 1.39 bits per heavy atom. The van der Waals surface area contributed by atoms with Gasteiger partial charge >= 0.3 is 6.09 Å². The van der Waals surface area contributed by atoms with Crippen LogP contribution >= 0.6 is 0 Å². The Balaban J connectivity index is 2.19. The summed E-state index contributed by atoms with van der Waals surface area (Å²) in [5, 5.41) is 5.43. The third-order valence-electron chi connectivity index (χ3n) is 3.49. The van der Waals surface area contributed by atoms with Crippen molar-refractivity contribution >= 4 is 12.0 Å². The lowest BCUT2D eigenvalue weighted by Gasteiger charge is -2.23. The van der Waals surface area contributed by atoms with Gasteiger partial charge in [-0.05, 0) is 18.1 Å². The van der Waals surface area contributed by atoms with E-state index in [1.54, 1.807) is 6.92 Å². The predicted octanol–water partition coefficient (Wildman–Crippen LogP) is 2.64. The monoisotopic (exact) mass is 312 g/mol. The van der Waals surface area contributed by atoms with Gasteiger partial charge in [0.1, 0.15) is 0 Å². The summed E-state index contributed by atoms with van der Waals surface area (Å²) in [5.41, 5.74) is 2.08. The molecule has 1 atom stereocenters. The molecule has 2 amide bonds. The van der Waals surface area contributed by atoms with Crippen LogP contribution in [0.5, 0.6) is 0 Å². The molecule has 0 radical (unpaired) electrons. The summed E-state index contributed by atoms with van der Waals surface area (Å²) in [6.07, 6.45) is -0.764. The van der Waals surface area contributed by atoms with Crippen LogP contribution in [0.3, 0.4) is 0 Å². The van der Waals surface area contributed by atoms with Gasteiger partial charge in [0.15, 0.2) is 0 Å². The van der Waals surface area contributed by atoms with Gasteiger partial charge in [-0.25, -0.2) is 4.79 Å². The van der Waals surface area contributed by atoms with E-state index < -0.39 is 18.0 Å². The third-order valence-corrected chi connectivity index (χ3v) is 3.49. The Bertz CT molecular complexity index is 604. The second kappa shape index (κ2) is 8.10. The lowest BCUT2D eigenvalue weighted by atomic mass is 9.98. The van der Waals surface area contributed by atoms with Crippen LogP contribution in [0.25, 0.3) is 0 Å². The molecule has 0 saturated carbocycles. The molecule has 0 aliphatic heterocycles. The van der Waals surface area contributed by atoms with Crippen molar-refractivity contribution in [3.05, 3.63) is 71.8 Å². The van der Waals surface area contributed by atoms with Gasteiger partial charge in [0.2, 0.25) is 5.91 Å². The molecule has 0 saturated heterocycles. The van der Waals surface area contributed by atoms with E-state index in [0.29, 0.717) is 0 Å². The number of carbonyl (C=O) groups is 2. The SMILES string of the molecule is COC(=O)NC(=O)[C@@H](C)NC(c1ccccc1)c1ccccc1. The fourth-order valence-corrected chi connectivity index (χ4v) is 2.26. The fraction of sp³-hybridized carbons (Fsp3) is 0.222. The van der Waals surface area contributed by atoms with Crippen LogP contribution in [-0.2, 0) is 9.53 Å². The average Bonchev–Trinajstić information content (AvgIpc) is 2.60. The molecule has 2 aromatic rings. The van der Waals surface area contributed by atoms with E-state index in [-0.39, 0.29) is 6.04 Å². The molecule has 0 fully saturated rings. The molecule has 23 heavy (non-hydrogen) atoms. The number of nitrogens with one attached hydrogen (secondary N) is 2. The zero-order chi connectivity index (χ0) is 16.7. The van der Waals surface area contributed by atoms with Gasteiger partial charge in [0.05, 0.1) is 19.2 Å². The minimum absolute atomic E-state index is 0.157. The van der Waals surface area contributed by atoms with Crippen molar-refractivity contribution in [2.75, 3.05) is 7.11 Å². The number of methoxy groups -OCH3 is 1. The topological polar surface area (TPSA) is 67.4 Å². The number of hydrogen-bond acceptors (Lipinski definition) is 4. The smallest absolute Gasteiger partial charge is 0.413 e. The largest absolute Gasteiger partial charge is 0.453 e. The number of benzene rings is 2. The molecule has 2 N–H and O–H groups in total. The Morgan fingerprint density at radius 1 is 0.913 bits per heavy atom. The van der Waals surface area contributed by atoms with Crippen LogP contribution in [0.4, 0.5) is 4.79 Å². The average molecular weight is 312 g/mol. The van der Waals surface area contributed by atoms with Gasteiger partial charge in [0.25, 0.3) is 0 Å². The van der Waals surface area contributed by atoms with E-state index in [4.69, 9.17) is 0 Å². The molecule has 0 aliphatic carbocycles. The number of carbonyl (C=O) groups excluding carboxylic acids is 2. The molecule has 120 valence electrons. The van der Waals surface area contributed by atoms with Crippen molar-refractivity contribution in [3.63, 3.8) is 0 Å². The number of alkyl carbamates (subject to hydrolysis) is 1. The fourth-order valence-electron chi connectivity index (χ4n) is 2.26. The normalized spacial score (nSPS) is 11.8. The van der Waals surface area contributed by atoms with Gasteiger partial charge in [-0.3, -0.25) is 15.4 Å². The molecule has 0 aliphatic rings. The Kier molecular flexibility index (Phi) is 5.88. The molecule has 5 heteroatoms. The summed E-state index contributed by atoms with van der Waals surface area (Å²) >= 11 is 0. The quantitative estimate of drug-likeness (QED) is 0.890. The summed E-state index contributed by atoms with van der Waals surface area (Å²) in [7, 11) is 1.22. The maximum atomic E-state index is 12.0. The van der Waals surface area contributed by atoms with Gasteiger partial charge in [-0.1, -0.05) is 60.7 Å². The van der Waals surface area contributed by atoms with E-state index in [2.05, 4.69) is 15.4 Å². The minimum atomic E-state index is -0.764. The van der Waals surface area contributed by atoms with Crippen molar-refractivity contribution in [1.29, 1.82) is 0 Å². The molecule has 5 nitrogen and oxygen atoms in total. The van der Waals surface area contributed by atoms with E-state index in [1.165, 1.54) is 7.11 Å². The molecular formula is C18H20N2O3. The van der Waals surface area contributed by atoms with E-state index in [1.807, 2.05) is 60.7 Å². The van der Waals surface area contributed by atoms with Crippen molar-refractivity contribution < 1.29 is 14.3 Å². The van der Waals surface area contributed by atoms with Gasteiger partial charge in [-0.2, -0.15) is 0 Å². The summed E-state index contributed by atoms with van der Waals surface area (Å²) in [4.78, 5) is 23.2. The van der Waals surface area contributed by atoms with Crippen LogP contribution in [0.15, 0.2) is 60.7 Å². The van der Waals surface area contributed by atoms with Gasteiger partial charge in [-0.15, -0.1) is 0 Å². The summed E-state index contributed by atoms with van der Waals surface area (Å²) in [6.45, 7) is 1.71. The maximum Gasteiger partial charge on any atom is 0.413 e. The van der Waals surface area contributed by atoms with Gasteiger partial charge in [0, 0.05) is 0 Å². The lowest BCUT2D eigenvalue weighted by Crippen LogP contribution is -2.45. The van der Waals surface area contributed by atoms with Crippen molar-refractivity contribution in [2.45, 2.75) is 19.0 Å². The molecule has 2 rings (SSSR count). The molecule has 0 bridgehead atoms. The van der Waals surface area contributed by atoms with Crippen LogP contribution < -0.4 is 10.6 Å². The number of amides is 2. The summed E-state index contributed by atoms with van der Waals surface area (Å²) in [5.74, 6) is -0.436. The van der Waals surface area contributed by atoms with Crippen molar-refractivity contribution in [2.24, 2.45) is 0 Å². The first-order valence-electron chi connectivity index (χ1n) is 7.36. The van der Waals surface area contributed by atoms with Crippen LogP contribution in [-0.4, -0.2) is 25.2 Å². The molecule has 2 aromatic carbocycles. The van der Waals surface area contributed by atoms with E-state index in [9.17, 15) is 9.59 Å². The molecule has 0 unspecified atom stereocenters. The van der Waals surface area contributed by atoms with E-state index >= 15 is 0 Å². The van der Waals surface area contributed by atoms with Gasteiger partial charge < -0.3 is 4.74 Å². The highest BCUT2D eigenvalue weighted by Crippen LogP contribution is 2.22. The highest BCUT2D eigenvalue weighted by atomic mass is 16.5. The standard InChI is InChI=1S/C18H20N2O3/c1-13(17(21)20-18(22)23-2)19-16(14-9-5-3-6-10-14)15-11-7-4-8-12-15/h3-13,16,19H,1-2H3,(H,20,21,22)/t13-/m1/s1. The third kappa shape index (κ3) is 4.66. The van der Waals surface area contributed by atoms with E-state index in [0.717, 1.165) is 11.1 Å². The maximum absolute atomic E-state index is 12.0. The summed E-state index contributed by atoms with van der Waals surface area (Å²) in [6, 6.07) is 18.9. The first kappa shape index (κ1) is 16.7. The van der Waals surface area contributed by atoms with Crippen molar-refractivity contribution in [3.8, 4) is 0 Å². The number of hydrogen-bond donors (Lipinski definition) is 2. The molecule has 0 aromatic heterocycles. The first-order chi connectivity index (χ1) is 11.1. The summed E-state index contributed by atoms with van der Waals surface area (Å²) < 4.78 is 4.45. The predicted molar refractivity (Wildman–Crippen MR) is 87.9 cm³/mol. The highest BCUT2D eigenvalue weighted by molar-refractivity contribution is 5.94. The first-order valence-corrected chi connectivity index (χ1v) is 7.36. The zero-order valence-corrected chi connectivity index (χ0v) is 13.2.